The first kappa shape index (κ1) is 22.8. The summed E-state index contributed by atoms with van der Waals surface area (Å²) in [5.74, 6) is 0.397. The van der Waals surface area contributed by atoms with Crippen molar-refractivity contribution >= 4 is 28.5 Å². The normalized spacial score (nSPS) is 10.5. The molecule has 1 aromatic heterocycles. The number of carbonyl (C=O) groups excluding carboxylic acids is 2. The number of esters is 1. The Morgan fingerprint density at radius 1 is 0.912 bits per heavy atom. The van der Waals surface area contributed by atoms with E-state index in [1.807, 2.05) is 49.4 Å². The number of nitrogens with zero attached hydrogens (tertiary/aromatic N) is 1. The Kier molecular flexibility index (Phi) is 7.03. The summed E-state index contributed by atoms with van der Waals surface area (Å²) in [6, 6.07) is 23.4. The molecule has 1 heterocycles. The van der Waals surface area contributed by atoms with Crippen LogP contribution in [-0.2, 0) is 9.53 Å². The molecule has 0 spiro atoms. The van der Waals surface area contributed by atoms with Gasteiger partial charge in [0.05, 0.1) is 30.5 Å². The lowest BCUT2D eigenvalue weighted by molar-refractivity contribution is -0.119. The van der Waals surface area contributed by atoms with E-state index < -0.39 is 18.5 Å². The lowest BCUT2D eigenvalue weighted by Gasteiger charge is -2.11. The van der Waals surface area contributed by atoms with Gasteiger partial charge < -0.3 is 19.5 Å². The van der Waals surface area contributed by atoms with Gasteiger partial charge in [-0.05, 0) is 67.6 Å². The highest BCUT2D eigenvalue weighted by Crippen LogP contribution is 2.27. The fourth-order valence-corrected chi connectivity index (χ4v) is 3.46. The van der Waals surface area contributed by atoms with Crippen LogP contribution in [0.1, 0.15) is 17.3 Å². The molecule has 4 rings (SSSR count). The van der Waals surface area contributed by atoms with Crippen molar-refractivity contribution in [1.82, 2.24) is 4.98 Å². The zero-order valence-corrected chi connectivity index (χ0v) is 18.9. The SMILES string of the molecule is CCOc1ccc(NC(=O)COC(=O)c2cc(-c3ccc(OC)cc3)nc3ccccc23)cc1. The van der Waals surface area contributed by atoms with Gasteiger partial charge >= 0.3 is 5.97 Å². The van der Waals surface area contributed by atoms with Gasteiger partial charge in [-0.1, -0.05) is 18.2 Å². The van der Waals surface area contributed by atoms with Crippen molar-refractivity contribution in [2.24, 2.45) is 0 Å². The van der Waals surface area contributed by atoms with Gasteiger partial charge in [-0.25, -0.2) is 9.78 Å². The van der Waals surface area contributed by atoms with Crippen molar-refractivity contribution in [3.8, 4) is 22.8 Å². The van der Waals surface area contributed by atoms with Gasteiger partial charge in [0.2, 0.25) is 0 Å². The standard InChI is InChI=1S/C27H24N2O5/c1-3-33-21-14-10-19(11-15-21)28-26(30)17-34-27(31)23-16-25(18-8-12-20(32-2)13-9-18)29-24-7-5-4-6-22(23)24/h4-16H,3,17H2,1-2H3,(H,28,30). The molecule has 0 bridgehead atoms. The summed E-state index contributed by atoms with van der Waals surface area (Å²) in [6.45, 7) is 2.04. The number of methoxy groups -OCH3 is 1. The third-order valence-electron chi connectivity index (χ3n) is 5.11. The largest absolute Gasteiger partial charge is 0.497 e. The summed E-state index contributed by atoms with van der Waals surface area (Å²) in [4.78, 5) is 30.0. The predicted octanol–water partition coefficient (Wildman–Crippen LogP) is 5.10. The van der Waals surface area contributed by atoms with Gasteiger partial charge in [-0.15, -0.1) is 0 Å². The molecule has 0 aliphatic rings. The first-order valence-electron chi connectivity index (χ1n) is 10.8. The summed E-state index contributed by atoms with van der Waals surface area (Å²) < 4.78 is 15.9. The third-order valence-corrected chi connectivity index (χ3v) is 5.11. The van der Waals surface area contributed by atoms with Gasteiger partial charge in [0.15, 0.2) is 6.61 Å². The second-order valence-electron chi connectivity index (χ2n) is 7.38. The van der Waals surface area contributed by atoms with Gasteiger partial charge in [0.25, 0.3) is 5.91 Å². The van der Waals surface area contributed by atoms with Gasteiger partial charge in [0, 0.05) is 16.6 Å². The van der Waals surface area contributed by atoms with E-state index in [1.54, 1.807) is 43.5 Å². The number of anilines is 1. The number of nitrogens with one attached hydrogen (secondary N) is 1. The molecular formula is C27H24N2O5. The van der Waals surface area contributed by atoms with E-state index in [9.17, 15) is 9.59 Å². The molecule has 172 valence electrons. The topological polar surface area (TPSA) is 86.8 Å². The molecule has 0 aliphatic carbocycles. The van der Waals surface area contributed by atoms with Crippen LogP contribution >= 0.6 is 0 Å². The van der Waals surface area contributed by atoms with Gasteiger partial charge in [-0.3, -0.25) is 4.79 Å². The molecular weight excluding hydrogens is 432 g/mol. The molecule has 0 unspecified atom stereocenters. The fourth-order valence-electron chi connectivity index (χ4n) is 3.46. The number of pyridine rings is 1. The van der Waals surface area contributed by atoms with Gasteiger partial charge in [-0.2, -0.15) is 0 Å². The molecule has 7 nitrogen and oxygen atoms in total. The van der Waals surface area contributed by atoms with Crippen molar-refractivity contribution in [3.05, 3.63) is 84.4 Å². The number of benzene rings is 3. The average molecular weight is 456 g/mol. The monoisotopic (exact) mass is 456 g/mol. The van der Waals surface area contributed by atoms with E-state index in [2.05, 4.69) is 10.3 Å². The first-order chi connectivity index (χ1) is 16.6. The maximum absolute atomic E-state index is 12.9. The molecule has 3 aromatic carbocycles. The summed E-state index contributed by atoms with van der Waals surface area (Å²) in [5, 5.41) is 3.36. The highest BCUT2D eigenvalue weighted by atomic mass is 16.5. The summed E-state index contributed by atoms with van der Waals surface area (Å²) in [6.07, 6.45) is 0. The number of rotatable bonds is 8. The van der Waals surface area contributed by atoms with E-state index in [0.717, 1.165) is 11.3 Å². The van der Waals surface area contributed by atoms with E-state index in [0.29, 0.717) is 40.2 Å². The second-order valence-corrected chi connectivity index (χ2v) is 7.38. The summed E-state index contributed by atoms with van der Waals surface area (Å²) in [5.41, 5.74) is 3.02. The number of fused-ring (bicyclic) bond motifs is 1. The molecule has 0 saturated heterocycles. The van der Waals surface area contributed by atoms with Crippen LogP contribution in [-0.4, -0.2) is 37.2 Å². The van der Waals surface area contributed by atoms with Crippen molar-refractivity contribution in [1.29, 1.82) is 0 Å². The van der Waals surface area contributed by atoms with E-state index in [1.165, 1.54) is 0 Å². The number of hydrogen-bond acceptors (Lipinski definition) is 6. The summed E-state index contributed by atoms with van der Waals surface area (Å²) >= 11 is 0. The number of carbonyl (C=O) groups is 2. The third kappa shape index (κ3) is 5.32. The number of hydrogen-bond donors (Lipinski definition) is 1. The van der Waals surface area contributed by atoms with E-state index in [4.69, 9.17) is 14.2 Å². The molecule has 0 saturated carbocycles. The Balaban J connectivity index is 1.50. The molecule has 0 atom stereocenters. The Morgan fingerprint density at radius 2 is 1.62 bits per heavy atom. The Hall–Kier alpha value is -4.39. The number of para-hydroxylation sites is 1. The molecule has 34 heavy (non-hydrogen) atoms. The summed E-state index contributed by atoms with van der Waals surface area (Å²) in [7, 11) is 1.60. The van der Waals surface area contributed by atoms with Crippen LogP contribution in [0, 0.1) is 0 Å². The van der Waals surface area contributed by atoms with Crippen LogP contribution in [0.5, 0.6) is 11.5 Å². The van der Waals surface area contributed by atoms with Crippen molar-refractivity contribution in [3.63, 3.8) is 0 Å². The van der Waals surface area contributed by atoms with Crippen LogP contribution in [0.3, 0.4) is 0 Å². The zero-order valence-electron chi connectivity index (χ0n) is 18.9. The predicted molar refractivity (Wildman–Crippen MR) is 130 cm³/mol. The van der Waals surface area contributed by atoms with E-state index in [-0.39, 0.29) is 0 Å². The van der Waals surface area contributed by atoms with Crippen molar-refractivity contribution < 1.29 is 23.8 Å². The van der Waals surface area contributed by atoms with Crippen LogP contribution < -0.4 is 14.8 Å². The van der Waals surface area contributed by atoms with Crippen LogP contribution in [0.4, 0.5) is 5.69 Å². The Bertz CT molecular complexity index is 1300. The molecule has 0 radical (unpaired) electrons. The highest BCUT2D eigenvalue weighted by Gasteiger charge is 2.17. The molecule has 1 N–H and O–H groups in total. The quantitative estimate of drug-likeness (QED) is 0.371. The van der Waals surface area contributed by atoms with Crippen LogP contribution in [0.2, 0.25) is 0 Å². The average Bonchev–Trinajstić information content (AvgIpc) is 2.88. The van der Waals surface area contributed by atoms with Gasteiger partial charge in [0.1, 0.15) is 11.5 Å². The maximum Gasteiger partial charge on any atom is 0.339 e. The van der Waals surface area contributed by atoms with Crippen molar-refractivity contribution in [2.75, 3.05) is 25.6 Å². The highest BCUT2D eigenvalue weighted by molar-refractivity contribution is 6.05. The molecule has 1 amide bonds. The maximum atomic E-state index is 12.9. The zero-order chi connectivity index (χ0) is 23.9. The minimum Gasteiger partial charge on any atom is -0.497 e. The lowest BCUT2D eigenvalue weighted by atomic mass is 10.0. The minimum atomic E-state index is -0.602. The minimum absolute atomic E-state index is 0.338. The number of aromatic nitrogens is 1. The molecule has 4 aromatic rings. The molecule has 0 fully saturated rings. The van der Waals surface area contributed by atoms with E-state index >= 15 is 0 Å². The van der Waals surface area contributed by atoms with Crippen molar-refractivity contribution in [2.45, 2.75) is 6.92 Å². The number of amides is 1. The second kappa shape index (κ2) is 10.5. The Labute approximate surface area is 197 Å². The molecule has 0 aliphatic heterocycles. The number of ether oxygens (including phenoxy) is 3. The lowest BCUT2D eigenvalue weighted by Crippen LogP contribution is -2.21. The molecule has 7 heteroatoms. The van der Waals surface area contributed by atoms with Crippen LogP contribution in [0.25, 0.3) is 22.2 Å². The first-order valence-corrected chi connectivity index (χ1v) is 10.8. The fraction of sp³-hybridized carbons (Fsp3) is 0.148. The Morgan fingerprint density at radius 3 is 2.32 bits per heavy atom. The smallest absolute Gasteiger partial charge is 0.339 e. The van der Waals surface area contributed by atoms with Crippen LogP contribution in [0.15, 0.2) is 78.9 Å².